The van der Waals surface area contributed by atoms with Crippen molar-refractivity contribution >= 4 is 5.91 Å². The number of aliphatic hydroxyl groups is 1. The maximum absolute atomic E-state index is 12.3. The number of amides is 1. The average molecular weight is 305 g/mol. The van der Waals surface area contributed by atoms with Crippen LogP contribution in [-0.2, 0) is 11.2 Å². The SMILES string of the molecule is CCCC(C)(O)C(=O)NC(Cc1cccc(OC)c1)C1CC1. The Morgan fingerprint density at radius 1 is 1.50 bits per heavy atom. The second kappa shape index (κ2) is 7.14. The molecule has 2 atom stereocenters. The molecule has 0 spiro atoms. The number of hydrogen-bond acceptors (Lipinski definition) is 3. The van der Waals surface area contributed by atoms with Gasteiger partial charge in [-0.05, 0) is 56.2 Å². The molecule has 122 valence electrons. The molecule has 4 heteroatoms. The average Bonchev–Trinajstić information content (AvgIpc) is 3.31. The molecule has 1 saturated carbocycles. The summed E-state index contributed by atoms with van der Waals surface area (Å²) in [5, 5.41) is 13.3. The van der Waals surface area contributed by atoms with Gasteiger partial charge < -0.3 is 15.2 Å². The fourth-order valence-electron chi connectivity index (χ4n) is 2.81. The molecule has 2 rings (SSSR count). The van der Waals surface area contributed by atoms with Gasteiger partial charge in [-0.3, -0.25) is 4.79 Å². The molecular formula is C18H27NO3. The van der Waals surface area contributed by atoms with E-state index in [2.05, 4.69) is 5.32 Å². The van der Waals surface area contributed by atoms with E-state index in [1.807, 2.05) is 31.2 Å². The maximum atomic E-state index is 12.3. The van der Waals surface area contributed by atoms with Crippen LogP contribution in [0.4, 0.5) is 0 Å². The highest BCUT2D eigenvalue weighted by Gasteiger charge is 2.36. The summed E-state index contributed by atoms with van der Waals surface area (Å²) in [6, 6.07) is 8.02. The van der Waals surface area contributed by atoms with Gasteiger partial charge in [-0.15, -0.1) is 0 Å². The molecule has 1 aliphatic rings. The molecule has 0 radical (unpaired) electrons. The highest BCUT2D eigenvalue weighted by Crippen LogP contribution is 2.34. The van der Waals surface area contributed by atoms with E-state index < -0.39 is 5.60 Å². The summed E-state index contributed by atoms with van der Waals surface area (Å²) in [6.07, 6.45) is 4.32. The van der Waals surface area contributed by atoms with Gasteiger partial charge in [-0.25, -0.2) is 0 Å². The Kier molecular flexibility index (Phi) is 5.46. The van der Waals surface area contributed by atoms with Crippen molar-refractivity contribution in [2.45, 2.75) is 57.6 Å². The fraction of sp³-hybridized carbons (Fsp3) is 0.611. The van der Waals surface area contributed by atoms with Crippen molar-refractivity contribution in [3.8, 4) is 5.75 Å². The molecule has 2 unspecified atom stereocenters. The Morgan fingerprint density at radius 3 is 2.82 bits per heavy atom. The monoisotopic (exact) mass is 305 g/mol. The highest BCUT2D eigenvalue weighted by atomic mass is 16.5. The Hall–Kier alpha value is -1.55. The molecule has 22 heavy (non-hydrogen) atoms. The van der Waals surface area contributed by atoms with Gasteiger partial charge in [0, 0.05) is 6.04 Å². The summed E-state index contributed by atoms with van der Waals surface area (Å²) in [5.41, 5.74) is -0.136. The van der Waals surface area contributed by atoms with E-state index >= 15 is 0 Å². The van der Waals surface area contributed by atoms with Crippen LogP contribution in [0.2, 0.25) is 0 Å². The molecule has 1 aromatic carbocycles. The molecule has 4 nitrogen and oxygen atoms in total. The lowest BCUT2D eigenvalue weighted by Gasteiger charge is -2.26. The molecule has 1 fully saturated rings. The van der Waals surface area contributed by atoms with Gasteiger partial charge in [0.15, 0.2) is 0 Å². The van der Waals surface area contributed by atoms with Crippen molar-refractivity contribution in [3.63, 3.8) is 0 Å². The van der Waals surface area contributed by atoms with Crippen molar-refractivity contribution in [2.75, 3.05) is 7.11 Å². The Morgan fingerprint density at radius 2 is 2.23 bits per heavy atom. The van der Waals surface area contributed by atoms with E-state index in [0.717, 1.165) is 37.0 Å². The topological polar surface area (TPSA) is 58.6 Å². The van der Waals surface area contributed by atoms with Crippen LogP contribution < -0.4 is 10.1 Å². The fourth-order valence-corrected chi connectivity index (χ4v) is 2.81. The van der Waals surface area contributed by atoms with Crippen molar-refractivity contribution in [1.82, 2.24) is 5.32 Å². The summed E-state index contributed by atoms with van der Waals surface area (Å²) in [5.74, 6) is 1.10. The zero-order valence-electron chi connectivity index (χ0n) is 13.8. The van der Waals surface area contributed by atoms with E-state index in [0.29, 0.717) is 12.3 Å². The van der Waals surface area contributed by atoms with Crippen molar-refractivity contribution in [1.29, 1.82) is 0 Å². The first kappa shape index (κ1) is 16.8. The van der Waals surface area contributed by atoms with Crippen molar-refractivity contribution < 1.29 is 14.6 Å². The zero-order chi connectivity index (χ0) is 16.2. The van der Waals surface area contributed by atoms with E-state index in [1.165, 1.54) is 0 Å². The molecule has 0 heterocycles. The predicted molar refractivity (Wildman–Crippen MR) is 86.9 cm³/mol. The summed E-state index contributed by atoms with van der Waals surface area (Å²) in [4.78, 5) is 12.3. The lowest BCUT2D eigenvalue weighted by atomic mass is 9.97. The minimum Gasteiger partial charge on any atom is -0.497 e. The van der Waals surface area contributed by atoms with E-state index in [9.17, 15) is 9.90 Å². The number of hydrogen-bond donors (Lipinski definition) is 2. The number of benzene rings is 1. The largest absolute Gasteiger partial charge is 0.497 e. The van der Waals surface area contributed by atoms with Crippen molar-refractivity contribution in [2.24, 2.45) is 5.92 Å². The lowest BCUT2D eigenvalue weighted by molar-refractivity contribution is -0.139. The normalized spacial score (nSPS) is 18.4. The third-order valence-corrected chi connectivity index (χ3v) is 4.32. The van der Waals surface area contributed by atoms with Gasteiger partial charge in [0.2, 0.25) is 0 Å². The van der Waals surface area contributed by atoms with Gasteiger partial charge in [-0.1, -0.05) is 25.5 Å². The molecule has 0 aromatic heterocycles. The number of methoxy groups -OCH3 is 1. The standard InChI is InChI=1S/C18H27NO3/c1-4-10-18(2,21)17(20)19-16(14-8-9-14)12-13-6-5-7-15(11-13)22-3/h5-7,11,14,16,21H,4,8-10,12H2,1-3H3,(H,19,20). The third-order valence-electron chi connectivity index (χ3n) is 4.32. The number of nitrogens with one attached hydrogen (secondary N) is 1. The van der Waals surface area contributed by atoms with Crippen LogP contribution in [0.1, 0.15) is 45.1 Å². The van der Waals surface area contributed by atoms with E-state index in [1.54, 1.807) is 14.0 Å². The van der Waals surface area contributed by atoms with Crippen LogP contribution in [-0.4, -0.2) is 29.8 Å². The zero-order valence-corrected chi connectivity index (χ0v) is 13.8. The van der Waals surface area contributed by atoms with Gasteiger partial charge in [0.25, 0.3) is 5.91 Å². The van der Waals surface area contributed by atoms with E-state index in [-0.39, 0.29) is 11.9 Å². The van der Waals surface area contributed by atoms with Crippen LogP contribution in [0, 0.1) is 5.92 Å². The lowest BCUT2D eigenvalue weighted by Crippen LogP contribution is -2.49. The molecule has 1 aliphatic carbocycles. The van der Waals surface area contributed by atoms with Gasteiger partial charge in [-0.2, -0.15) is 0 Å². The van der Waals surface area contributed by atoms with E-state index in [4.69, 9.17) is 4.74 Å². The third kappa shape index (κ3) is 4.47. The number of carbonyl (C=O) groups is 1. The smallest absolute Gasteiger partial charge is 0.251 e. The first-order chi connectivity index (χ1) is 10.5. The minimum atomic E-state index is -1.28. The van der Waals surface area contributed by atoms with Crippen LogP contribution in [0.15, 0.2) is 24.3 Å². The Balaban J connectivity index is 2.02. The molecule has 2 N–H and O–H groups in total. The first-order valence-corrected chi connectivity index (χ1v) is 8.12. The van der Waals surface area contributed by atoms with Crippen LogP contribution in [0.5, 0.6) is 5.75 Å². The molecular weight excluding hydrogens is 278 g/mol. The second-order valence-corrected chi connectivity index (χ2v) is 6.50. The predicted octanol–water partition coefficient (Wildman–Crippen LogP) is 2.68. The number of ether oxygens (including phenoxy) is 1. The summed E-state index contributed by atoms with van der Waals surface area (Å²) in [6.45, 7) is 3.57. The first-order valence-electron chi connectivity index (χ1n) is 8.12. The highest BCUT2D eigenvalue weighted by molar-refractivity contribution is 5.84. The van der Waals surface area contributed by atoms with Crippen LogP contribution in [0.3, 0.4) is 0 Å². The number of rotatable bonds is 8. The Labute approximate surface area is 132 Å². The van der Waals surface area contributed by atoms with Crippen LogP contribution in [0.25, 0.3) is 0 Å². The van der Waals surface area contributed by atoms with Crippen molar-refractivity contribution in [3.05, 3.63) is 29.8 Å². The molecule has 1 amide bonds. The summed E-state index contributed by atoms with van der Waals surface area (Å²) >= 11 is 0. The van der Waals surface area contributed by atoms with Gasteiger partial charge in [0.05, 0.1) is 7.11 Å². The molecule has 0 bridgehead atoms. The molecule has 1 aromatic rings. The van der Waals surface area contributed by atoms with Gasteiger partial charge >= 0.3 is 0 Å². The Bertz CT molecular complexity index is 509. The minimum absolute atomic E-state index is 0.0861. The molecule has 0 saturated heterocycles. The maximum Gasteiger partial charge on any atom is 0.251 e. The number of carbonyl (C=O) groups excluding carboxylic acids is 1. The summed E-state index contributed by atoms with van der Waals surface area (Å²) < 4.78 is 5.25. The quantitative estimate of drug-likeness (QED) is 0.776. The van der Waals surface area contributed by atoms with Gasteiger partial charge in [0.1, 0.15) is 11.4 Å². The second-order valence-electron chi connectivity index (χ2n) is 6.50. The molecule has 0 aliphatic heterocycles. The summed E-state index contributed by atoms with van der Waals surface area (Å²) in [7, 11) is 1.65. The van der Waals surface area contributed by atoms with Crippen LogP contribution >= 0.6 is 0 Å².